The number of aliphatic carboxylic acids is 1. The lowest BCUT2D eigenvalue weighted by molar-refractivity contribution is -0.144. The zero-order valence-electron chi connectivity index (χ0n) is 13.1. The Morgan fingerprint density at radius 3 is 3.00 bits per heavy atom. The first kappa shape index (κ1) is 15.4. The first-order chi connectivity index (χ1) is 11.7. The lowest BCUT2D eigenvalue weighted by atomic mass is 9.95. The normalized spacial score (nSPS) is 20.2. The zero-order valence-corrected chi connectivity index (χ0v) is 13.9. The topological polar surface area (TPSA) is 66.6 Å². The number of benzene rings is 1. The first-order valence-electron chi connectivity index (χ1n) is 8.07. The standard InChI is InChI=1S/C18H18N2O3S/c21-18(22)16(13-7-9-24-11-13)20-8-3-4-12(10-20)17-19-14-5-1-2-6-15(14)23-17/h1-2,5-7,9,11-12,16H,3-4,8,10H2,(H,21,22). The van der Waals surface area contributed by atoms with Gasteiger partial charge in [0.25, 0.3) is 0 Å². The van der Waals surface area contributed by atoms with Crippen molar-refractivity contribution >= 4 is 28.4 Å². The van der Waals surface area contributed by atoms with Crippen molar-refractivity contribution < 1.29 is 14.3 Å². The fraction of sp³-hybridized carbons (Fsp3) is 0.333. The lowest BCUT2D eigenvalue weighted by Crippen LogP contribution is -2.40. The Morgan fingerprint density at radius 1 is 1.38 bits per heavy atom. The highest BCUT2D eigenvalue weighted by molar-refractivity contribution is 7.08. The average Bonchev–Trinajstić information content (AvgIpc) is 3.24. The van der Waals surface area contributed by atoms with Gasteiger partial charge in [-0.15, -0.1) is 0 Å². The van der Waals surface area contributed by atoms with E-state index in [0.29, 0.717) is 6.54 Å². The number of piperidine rings is 1. The van der Waals surface area contributed by atoms with Crippen LogP contribution in [-0.2, 0) is 4.79 Å². The molecule has 0 amide bonds. The number of para-hydroxylation sites is 2. The third kappa shape index (κ3) is 2.83. The van der Waals surface area contributed by atoms with Crippen LogP contribution in [0.15, 0.2) is 45.5 Å². The monoisotopic (exact) mass is 342 g/mol. The number of hydrogen-bond acceptors (Lipinski definition) is 5. The van der Waals surface area contributed by atoms with Crippen LogP contribution in [-0.4, -0.2) is 34.0 Å². The van der Waals surface area contributed by atoms with Crippen molar-refractivity contribution in [2.75, 3.05) is 13.1 Å². The first-order valence-corrected chi connectivity index (χ1v) is 9.01. The molecule has 0 radical (unpaired) electrons. The van der Waals surface area contributed by atoms with E-state index in [9.17, 15) is 9.90 Å². The summed E-state index contributed by atoms with van der Waals surface area (Å²) in [5.74, 6) is 0.0496. The van der Waals surface area contributed by atoms with E-state index in [-0.39, 0.29) is 5.92 Å². The van der Waals surface area contributed by atoms with E-state index in [1.54, 1.807) is 0 Å². The molecule has 3 aromatic rings. The van der Waals surface area contributed by atoms with Crippen molar-refractivity contribution in [1.82, 2.24) is 9.88 Å². The molecule has 1 aromatic carbocycles. The van der Waals surface area contributed by atoms with Crippen LogP contribution in [0.5, 0.6) is 0 Å². The Morgan fingerprint density at radius 2 is 2.25 bits per heavy atom. The summed E-state index contributed by atoms with van der Waals surface area (Å²) in [5, 5.41) is 13.5. The van der Waals surface area contributed by atoms with Gasteiger partial charge in [-0.1, -0.05) is 12.1 Å². The number of rotatable bonds is 4. The van der Waals surface area contributed by atoms with Gasteiger partial charge in [-0.3, -0.25) is 9.69 Å². The minimum atomic E-state index is -0.799. The van der Waals surface area contributed by atoms with Crippen molar-refractivity contribution in [2.45, 2.75) is 24.8 Å². The number of hydrogen-bond donors (Lipinski definition) is 1. The number of likely N-dealkylation sites (tertiary alicyclic amines) is 1. The van der Waals surface area contributed by atoms with Gasteiger partial charge in [0.15, 0.2) is 11.5 Å². The molecule has 1 N–H and O–H groups in total. The van der Waals surface area contributed by atoms with Crippen molar-refractivity contribution in [2.24, 2.45) is 0 Å². The molecule has 2 atom stereocenters. The van der Waals surface area contributed by atoms with Crippen molar-refractivity contribution in [3.05, 3.63) is 52.5 Å². The third-order valence-corrected chi connectivity index (χ3v) is 5.27. The number of oxazole rings is 1. The summed E-state index contributed by atoms with van der Waals surface area (Å²) < 4.78 is 5.90. The van der Waals surface area contributed by atoms with Gasteiger partial charge in [0.1, 0.15) is 11.6 Å². The van der Waals surface area contributed by atoms with E-state index >= 15 is 0 Å². The van der Waals surface area contributed by atoms with Crippen molar-refractivity contribution in [1.29, 1.82) is 0 Å². The molecule has 1 fully saturated rings. The largest absolute Gasteiger partial charge is 0.480 e. The van der Waals surface area contributed by atoms with Crippen LogP contribution in [0.4, 0.5) is 0 Å². The average molecular weight is 342 g/mol. The Balaban J connectivity index is 1.59. The zero-order chi connectivity index (χ0) is 16.5. The Labute approximate surface area is 143 Å². The maximum Gasteiger partial charge on any atom is 0.325 e. The van der Waals surface area contributed by atoms with Gasteiger partial charge in [0.2, 0.25) is 0 Å². The molecule has 0 bridgehead atoms. The molecular weight excluding hydrogens is 324 g/mol. The summed E-state index contributed by atoms with van der Waals surface area (Å²) in [7, 11) is 0. The number of carbonyl (C=O) groups is 1. The predicted molar refractivity (Wildman–Crippen MR) is 92.3 cm³/mol. The van der Waals surface area contributed by atoms with E-state index < -0.39 is 12.0 Å². The second-order valence-electron chi connectivity index (χ2n) is 6.15. The number of carboxylic acids is 1. The Kier molecular flexibility index (Phi) is 4.08. The number of carboxylic acid groups (broad SMARTS) is 1. The van der Waals surface area contributed by atoms with Gasteiger partial charge in [0, 0.05) is 12.5 Å². The molecule has 6 heteroatoms. The number of nitrogens with zero attached hydrogens (tertiary/aromatic N) is 2. The lowest BCUT2D eigenvalue weighted by Gasteiger charge is -2.35. The van der Waals surface area contributed by atoms with Gasteiger partial charge in [-0.05, 0) is 53.9 Å². The van der Waals surface area contributed by atoms with E-state index in [0.717, 1.165) is 41.9 Å². The van der Waals surface area contributed by atoms with E-state index in [4.69, 9.17) is 4.42 Å². The van der Waals surface area contributed by atoms with Crippen LogP contribution in [0.1, 0.15) is 36.3 Å². The molecule has 1 aliphatic heterocycles. The molecule has 124 valence electrons. The predicted octanol–water partition coefficient (Wildman–Crippen LogP) is 3.89. The molecule has 0 aliphatic carbocycles. The minimum absolute atomic E-state index is 0.131. The highest BCUT2D eigenvalue weighted by Gasteiger charge is 2.34. The second-order valence-corrected chi connectivity index (χ2v) is 6.93. The number of aromatic nitrogens is 1. The maximum atomic E-state index is 11.8. The third-order valence-electron chi connectivity index (χ3n) is 4.57. The molecule has 3 heterocycles. The molecule has 1 saturated heterocycles. The van der Waals surface area contributed by atoms with Crippen LogP contribution >= 0.6 is 11.3 Å². The highest BCUT2D eigenvalue weighted by atomic mass is 32.1. The van der Waals surface area contributed by atoms with E-state index in [1.807, 2.05) is 46.0 Å². The highest BCUT2D eigenvalue weighted by Crippen LogP contribution is 2.33. The quantitative estimate of drug-likeness (QED) is 0.779. The minimum Gasteiger partial charge on any atom is -0.480 e. The van der Waals surface area contributed by atoms with Gasteiger partial charge in [0.05, 0.1) is 0 Å². The van der Waals surface area contributed by atoms with Crippen LogP contribution in [0.2, 0.25) is 0 Å². The number of fused-ring (bicyclic) bond motifs is 1. The molecule has 2 aromatic heterocycles. The summed E-state index contributed by atoms with van der Waals surface area (Å²) in [6, 6.07) is 9.03. The summed E-state index contributed by atoms with van der Waals surface area (Å²) in [5.41, 5.74) is 2.50. The van der Waals surface area contributed by atoms with Crippen LogP contribution < -0.4 is 0 Å². The molecule has 1 aliphatic rings. The Hall–Kier alpha value is -2.18. The van der Waals surface area contributed by atoms with Gasteiger partial charge in [-0.25, -0.2) is 4.98 Å². The fourth-order valence-electron chi connectivity index (χ4n) is 3.45. The van der Waals surface area contributed by atoms with E-state index in [1.165, 1.54) is 11.3 Å². The van der Waals surface area contributed by atoms with Gasteiger partial charge < -0.3 is 9.52 Å². The smallest absolute Gasteiger partial charge is 0.325 e. The molecule has 2 unspecified atom stereocenters. The van der Waals surface area contributed by atoms with Crippen LogP contribution in [0.3, 0.4) is 0 Å². The van der Waals surface area contributed by atoms with Crippen LogP contribution in [0, 0.1) is 0 Å². The fourth-order valence-corrected chi connectivity index (χ4v) is 4.13. The summed E-state index contributed by atoms with van der Waals surface area (Å²) in [4.78, 5) is 18.4. The van der Waals surface area contributed by atoms with Crippen LogP contribution in [0.25, 0.3) is 11.1 Å². The van der Waals surface area contributed by atoms with Gasteiger partial charge >= 0.3 is 5.97 Å². The maximum absolute atomic E-state index is 11.8. The van der Waals surface area contributed by atoms with Crippen molar-refractivity contribution in [3.63, 3.8) is 0 Å². The number of thiophene rings is 1. The van der Waals surface area contributed by atoms with E-state index in [2.05, 4.69) is 4.98 Å². The van der Waals surface area contributed by atoms with Crippen molar-refractivity contribution in [3.8, 4) is 0 Å². The summed E-state index contributed by atoms with van der Waals surface area (Å²) in [6.45, 7) is 1.43. The summed E-state index contributed by atoms with van der Waals surface area (Å²) in [6.07, 6.45) is 1.91. The molecule has 0 spiro atoms. The SMILES string of the molecule is O=C(O)C(c1ccsc1)N1CCCC(c2nc3ccccc3o2)C1. The molecule has 5 nitrogen and oxygen atoms in total. The Bertz CT molecular complexity index is 810. The van der Waals surface area contributed by atoms with Gasteiger partial charge in [-0.2, -0.15) is 11.3 Å². The molecule has 4 rings (SSSR count). The second kappa shape index (κ2) is 6.37. The molecule has 24 heavy (non-hydrogen) atoms. The molecule has 0 saturated carbocycles. The summed E-state index contributed by atoms with van der Waals surface area (Å²) >= 11 is 1.53. The molecular formula is C18H18N2O3S.